The minimum Gasteiger partial charge on any atom is -0.322 e. The number of amides is 1. The summed E-state index contributed by atoms with van der Waals surface area (Å²) in [5.41, 5.74) is 1.37. The van der Waals surface area contributed by atoms with Gasteiger partial charge in [-0.15, -0.1) is 5.10 Å². The van der Waals surface area contributed by atoms with Gasteiger partial charge >= 0.3 is 0 Å². The van der Waals surface area contributed by atoms with Gasteiger partial charge in [-0.2, -0.15) is 4.68 Å². The molecule has 0 saturated carbocycles. The Labute approximate surface area is 147 Å². The van der Waals surface area contributed by atoms with E-state index in [1.165, 1.54) is 29.0 Å². The Balaban J connectivity index is 1.77. The molecule has 1 aromatic heterocycles. The van der Waals surface area contributed by atoms with E-state index in [-0.39, 0.29) is 11.6 Å². The highest BCUT2D eigenvalue weighted by atomic mass is 35.5. The third-order valence-electron chi connectivity index (χ3n) is 3.34. The predicted octanol–water partition coefficient (Wildman–Crippen LogP) is 3.42. The van der Waals surface area contributed by atoms with Crippen LogP contribution in [-0.2, 0) is 4.79 Å². The molecule has 1 heterocycles. The maximum Gasteiger partial charge on any atom is 0.248 e. The topological polar surface area (TPSA) is 72.7 Å². The van der Waals surface area contributed by atoms with Crippen LogP contribution in [0.5, 0.6) is 0 Å². The smallest absolute Gasteiger partial charge is 0.248 e. The molecule has 0 fully saturated rings. The van der Waals surface area contributed by atoms with Crippen molar-refractivity contribution >= 4 is 29.3 Å². The van der Waals surface area contributed by atoms with E-state index in [9.17, 15) is 9.18 Å². The number of benzene rings is 2. The zero-order chi connectivity index (χ0) is 17.8. The summed E-state index contributed by atoms with van der Waals surface area (Å²) in [4.78, 5) is 12.0. The average Bonchev–Trinajstić information content (AvgIpc) is 3.01. The quantitative estimate of drug-likeness (QED) is 0.726. The van der Waals surface area contributed by atoms with Crippen molar-refractivity contribution in [1.82, 2.24) is 20.2 Å². The molecule has 0 spiro atoms. The van der Waals surface area contributed by atoms with E-state index in [4.69, 9.17) is 11.6 Å². The van der Waals surface area contributed by atoms with E-state index in [1.54, 1.807) is 31.2 Å². The van der Waals surface area contributed by atoms with Gasteiger partial charge in [-0.25, -0.2) is 4.39 Å². The molecule has 0 atom stereocenters. The maximum atomic E-state index is 14.0. The van der Waals surface area contributed by atoms with Crippen LogP contribution in [0, 0.1) is 12.7 Å². The van der Waals surface area contributed by atoms with Gasteiger partial charge in [-0.1, -0.05) is 23.7 Å². The molecule has 0 bridgehead atoms. The molecule has 1 amide bonds. The maximum absolute atomic E-state index is 14.0. The van der Waals surface area contributed by atoms with E-state index in [2.05, 4.69) is 20.8 Å². The molecule has 0 saturated heterocycles. The highest BCUT2D eigenvalue weighted by Crippen LogP contribution is 2.19. The third kappa shape index (κ3) is 4.07. The Kier molecular flexibility index (Phi) is 4.85. The van der Waals surface area contributed by atoms with Crippen molar-refractivity contribution < 1.29 is 9.18 Å². The van der Waals surface area contributed by atoms with Gasteiger partial charge in [0, 0.05) is 16.8 Å². The number of nitrogens with zero attached hydrogens (tertiary/aromatic N) is 4. The second kappa shape index (κ2) is 7.23. The monoisotopic (exact) mass is 357 g/mol. The first-order valence-electron chi connectivity index (χ1n) is 7.32. The zero-order valence-electron chi connectivity index (χ0n) is 13.1. The van der Waals surface area contributed by atoms with Crippen LogP contribution >= 0.6 is 11.6 Å². The summed E-state index contributed by atoms with van der Waals surface area (Å²) >= 11 is 5.90. The van der Waals surface area contributed by atoms with E-state index in [1.807, 2.05) is 6.07 Å². The number of carbonyl (C=O) groups excluding carboxylic acids is 1. The molecule has 2 aromatic carbocycles. The summed E-state index contributed by atoms with van der Waals surface area (Å²) in [6.45, 7) is 1.65. The number of aromatic nitrogens is 4. The van der Waals surface area contributed by atoms with Crippen molar-refractivity contribution in [3.63, 3.8) is 0 Å². The normalized spacial score (nSPS) is 11.0. The van der Waals surface area contributed by atoms with E-state index in [0.717, 1.165) is 5.56 Å². The molecular weight excluding hydrogens is 345 g/mol. The molecule has 0 aliphatic carbocycles. The number of aryl methyl sites for hydroxylation is 1. The number of hydrogen-bond acceptors (Lipinski definition) is 4. The van der Waals surface area contributed by atoms with Gasteiger partial charge in [0.2, 0.25) is 5.91 Å². The van der Waals surface area contributed by atoms with Crippen LogP contribution in [0.1, 0.15) is 11.4 Å². The van der Waals surface area contributed by atoms with E-state index in [0.29, 0.717) is 16.5 Å². The molecule has 6 nitrogen and oxygen atoms in total. The van der Waals surface area contributed by atoms with Crippen molar-refractivity contribution in [3.8, 4) is 5.69 Å². The summed E-state index contributed by atoms with van der Waals surface area (Å²) in [6, 6.07) is 11.3. The van der Waals surface area contributed by atoms with Crippen LogP contribution in [-0.4, -0.2) is 26.1 Å². The Morgan fingerprint density at radius 1 is 1.28 bits per heavy atom. The fourth-order valence-electron chi connectivity index (χ4n) is 2.17. The van der Waals surface area contributed by atoms with Gasteiger partial charge in [-0.05, 0) is 59.3 Å². The van der Waals surface area contributed by atoms with E-state index >= 15 is 0 Å². The first kappa shape index (κ1) is 16.8. The van der Waals surface area contributed by atoms with Crippen LogP contribution in [0.25, 0.3) is 11.8 Å². The second-order valence-corrected chi connectivity index (χ2v) is 5.62. The van der Waals surface area contributed by atoms with Gasteiger partial charge in [0.1, 0.15) is 11.5 Å². The van der Waals surface area contributed by atoms with Crippen molar-refractivity contribution in [3.05, 3.63) is 70.8 Å². The van der Waals surface area contributed by atoms with Gasteiger partial charge in [-0.3, -0.25) is 4.79 Å². The lowest BCUT2D eigenvalue weighted by Crippen LogP contribution is -2.09. The standard InChI is InChI=1S/C17H13ClFN5O/c1-11-21-22-23-24(11)16-10-14(6-7-15(16)19)20-17(25)8-5-12-3-2-4-13(18)9-12/h2-10H,1H3,(H,20,25)/b8-5+. The Bertz CT molecular complexity index is 954. The van der Waals surface area contributed by atoms with Crippen LogP contribution in [0.3, 0.4) is 0 Å². The summed E-state index contributed by atoms with van der Waals surface area (Å²) in [6.07, 6.45) is 3.01. The molecule has 0 radical (unpaired) electrons. The first-order chi connectivity index (χ1) is 12.0. The minimum absolute atomic E-state index is 0.152. The second-order valence-electron chi connectivity index (χ2n) is 5.18. The number of nitrogens with one attached hydrogen (secondary N) is 1. The molecule has 0 aliphatic rings. The van der Waals surface area contributed by atoms with Crippen molar-refractivity contribution in [2.45, 2.75) is 6.92 Å². The SMILES string of the molecule is Cc1nnnn1-c1cc(NC(=O)/C=C/c2cccc(Cl)c2)ccc1F. The first-order valence-corrected chi connectivity index (χ1v) is 7.70. The average molecular weight is 358 g/mol. The van der Waals surface area contributed by atoms with Gasteiger partial charge < -0.3 is 5.32 Å². The molecule has 1 N–H and O–H groups in total. The number of carbonyl (C=O) groups is 1. The fourth-order valence-corrected chi connectivity index (χ4v) is 2.37. The minimum atomic E-state index is -0.497. The van der Waals surface area contributed by atoms with Crippen molar-refractivity contribution in [1.29, 1.82) is 0 Å². The number of halogens is 2. The molecule has 3 rings (SSSR count). The number of hydrogen-bond donors (Lipinski definition) is 1. The van der Waals surface area contributed by atoms with Crippen LogP contribution in [0.15, 0.2) is 48.5 Å². The molecular formula is C17H13ClFN5O. The molecule has 3 aromatic rings. The van der Waals surface area contributed by atoms with Gasteiger partial charge in [0.05, 0.1) is 0 Å². The van der Waals surface area contributed by atoms with Crippen molar-refractivity contribution in [2.24, 2.45) is 0 Å². The predicted molar refractivity (Wildman–Crippen MR) is 93.0 cm³/mol. The summed E-state index contributed by atoms with van der Waals surface area (Å²) in [5.74, 6) is -0.419. The van der Waals surface area contributed by atoms with Crippen LogP contribution in [0.4, 0.5) is 10.1 Å². The van der Waals surface area contributed by atoms with E-state index < -0.39 is 5.82 Å². The molecule has 25 heavy (non-hydrogen) atoms. The van der Waals surface area contributed by atoms with Gasteiger partial charge in [0.25, 0.3) is 0 Å². The lowest BCUT2D eigenvalue weighted by molar-refractivity contribution is -0.111. The molecule has 126 valence electrons. The zero-order valence-corrected chi connectivity index (χ0v) is 13.9. The summed E-state index contributed by atoms with van der Waals surface area (Å²) in [5, 5.41) is 14.2. The number of tetrazole rings is 1. The lowest BCUT2D eigenvalue weighted by atomic mass is 10.2. The highest BCUT2D eigenvalue weighted by Gasteiger charge is 2.11. The molecule has 0 unspecified atom stereocenters. The Hall–Kier alpha value is -3.06. The van der Waals surface area contributed by atoms with Crippen LogP contribution in [0.2, 0.25) is 5.02 Å². The molecule has 8 heteroatoms. The number of anilines is 1. The fraction of sp³-hybridized carbons (Fsp3) is 0.0588. The third-order valence-corrected chi connectivity index (χ3v) is 3.58. The van der Waals surface area contributed by atoms with Crippen molar-refractivity contribution in [2.75, 3.05) is 5.32 Å². The summed E-state index contributed by atoms with van der Waals surface area (Å²) < 4.78 is 15.3. The molecule has 0 aliphatic heterocycles. The number of rotatable bonds is 4. The Morgan fingerprint density at radius 2 is 2.12 bits per heavy atom. The highest BCUT2D eigenvalue weighted by molar-refractivity contribution is 6.30. The summed E-state index contributed by atoms with van der Waals surface area (Å²) in [7, 11) is 0. The van der Waals surface area contributed by atoms with Crippen LogP contribution < -0.4 is 5.32 Å². The Morgan fingerprint density at radius 3 is 2.84 bits per heavy atom. The lowest BCUT2D eigenvalue weighted by Gasteiger charge is -2.07. The largest absolute Gasteiger partial charge is 0.322 e. The van der Waals surface area contributed by atoms with Gasteiger partial charge in [0.15, 0.2) is 5.82 Å².